The summed E-state index contributed by atoms with van der Waals surface area (Å²) in [5.74, 6) is 0.799. The average molecular weight is 226 g/mol. The van der Waals surface area contributed by atoms with E-state index < -0.39 is 6.04 Å². The molecule has 16 heavy (non-hydrogen) atoms. The van der Waals surface area contributed by atoms with Gasteiger partial charge in [-0.15, -0.1) is 0 Å². The molecule has 0 heterocycles. The summed E-state index contributed by atoms with van der Waals surface area (Å²) >= 11 is 0. The first kappa shape index (κ1) is 12.3. The third-order valence-corrected chi connectivity index (χ3v) is 2.30. The number of esters is 1. The molecule has 1 aromatic rings. The number of ether oxygens (including phenoxy) is 3. The highest BCUT2D eigenvalue weighted by Crippen LogP contribution is 2.29. The molecule has 1 rings (SSSR count). The molecular formula is C11H16NO4+. The van der Waals surface area contributed by atoms with Gasteiger partial charge in [-0.3, -0.25) is 0 Å². The molecule has 0 spiro atoms. The second-order valence-corrected chi connectivity index (χ2v) is 3.19. The maximum Gasteiger partial charge on any atom is 0.369 e. The minimum absolute atomic E-state index is 0.382. The molecule has 0 radical (unpaired) electrons. The lowest BCUT2D eigenvalue weighted by Crippen LogP contribution is -2.57. The van der Waals surface area contributed by atoms with Crippen LogP contribution in [0.15, 0.2) is 18.2 Å². The van der Waals surface area contributed by atoms with Gasteiger partial charge in [0.15, 0.2) is 11.5 Å². The molecule has 3 N–H and O–H groups in total. The summed E-state index contributed by atoms with van der Waals surface area (Å²) in [6, 6.07) is 4.64. The molecule has 0 saturated heterocycles. The second kappa shape index (κ2) is 5.37. The third-order valence-electron chi connectivity index (χ3n) is 2.30. The van der Waals surface area contributed by atoms with E-state index in [1.807, 2.05) is 0 Å². The number of methoxy groups -OCH3 is 3. The van der Waals surface area contributed by atoms with Crippen LogP contribution in [0.4, 0.5) is 0 Å². The minimum Gasteiger partial charge on any atom is -0.493 e. The Kier molecular flexibility index (Phi) is 4.13. The number of hydrogen-bond donors (Lipinski definition) is 1. The van der Waals surface area contributed by atoms with Gasteiger partial charge in [0.05, 0.1) is 21.3 Å². The van der Waals surface area contributed by atoms with Crippen LogP contribution in [-0.2, 0) is 9.53 Å². The molecule has 0 saturated carbocycles. The summed E-state index contributed by atoms with van der Waals surface area (Å²) in [5, 5.41) is 0. The van der Waals surface area contributed by atoms with Crippen molar-refractivity contribution in [2.45, 2.75) is 6.04 Å². The average Bonchev–Trinajstić information content (AvgIpc) is 2.35. The number of rotatable bonds is 4. The smallest absolute Gasteiger partial charge is 0.369 e. The van der Waals surface area contributed by atoms with Crippen molar-refractivity contribution in [2.24, 2.45) is 0 Å². The molecule has 0 aliphatic rings. The van der Waals surface area contributed by atoms with Gasteiger partial charge in [-0.1, -0.05) is 0 Å². The van der Waals surface area contributed by atoms with Crippen LogP contribution in [0, 0.1) is 0 Å². The summed E-state index contributed by atoms with van der Waals surface area (Å²) < 4.78 is 14.9. The molecule has 0 amide bonds. The molecule has 0 bridgehead atoms. The Morgan fingerprint density at radius 1 is 1.19 bits per heavy atom. The zero-order valence-electron chi connectivity index (χ0n) is 9.65. The van der Waals surface area contributed by atoms with Crippen LogP contribution < -0.4 is 15.2 Å². The number of hydrogen-bond acceptors (Lipinski definition) is 4. The van der Waals surface area contributed by atoms with Crippen molar-refractivity contribution in [1.82, 2.24) is 0 Å². The van der Waals surface area contributed by atoms with Crippen molar-refractivity contribution < 1.29 is 24.7 Å². The monoisotopic (exact) mass is 226 g/mol. The Labute approximate surface area is 94.1 Å². The van der Waals surface area contributed by atoms with Crippen molar-refractivity contribution in [2.75, 3.05) is 21.3 Å². The van der Waals surface area contributed by atoms with Crippen molar-refractivity contribution in [3.05, 3.63) is 23.8 Å². The Bertz CT molecular complexity index is 378. The van der Waals surface area contributed by atoms with E-state index in [9.17, 15) is 4.79 Å². The van der Waals surface area contributed by atoms with Crippen LogP contribution in [0.2, 0.25) is 0 Å². The summed E-state index contributed by atoms with van der Waals surface area (Å²) in [6.07, 6.45) is 0. The number of quaternary nitrogens is 1. The number of carbonyl (C=O) groups excluding carboxylic acids is 1. The van der Waals surface area contributed by atoms with Gasteiger partial charge in [0.2, 0.25) is 6.04 Å². The first-order chi connectivity index (χ1) is 7.63. The topological polar surface area (TPSA) is 72.4 Å². The number of carbonyl (C=O) groups is 1. The minimum atomic E-state index is -0.565. The summed E-state index contributed by atoms with van der Waals surface area (Å²) in [4.78, 5) is 11.3. The Balaban J connectivity index is 3.03. The standard InChI is InChI=1S/C11H15NO4/c1-14-8-5-4-7(6-9(8)15-2)10(12)11(13)16-3/h4-6,10H,12H2,1-3H3/p+1/t10-/m0/s1. The van der Waals surface area contributed by atoms with E-state index in [0.717, 1.165) is 5.56 Å². The van der Waals surface area contributed by atoms with Crippen molar-refractivity contribution in [1.29, 1.82) is 0 Å². The lowest BCUT2D eigenvalue weighted by atomic mass is 10.1. The van der Waals surface area contributed by atoms with Crippen LogP contribution in [0.25, 0.3) is 0 Å². The van der Waals surface area contributed by atoms with Crippen LogP contribution in [-0.4, -0.2) is 27.3 Å². The van der Waals surface area contributed by atoms with E-state index >= 15 is 0 Å². The SMILES string of the molecule is COC(=O)[C@@H]([NH3+])c1ccc(OC)c(OC)c1. The molecule has 5 heteroatoms. The fourth-order valence-electron chi connectivity index (χ4n) is 1.35. The maximum atomic E-state index is 11.3. The number of benzene rings is 1. The molecule has 0 fully saturated rings. The van der Waals surface area contributed by atoms with Crippen LogP contribution >= 0.6 is 0 Å². The zero-order valence-corrected chi connectivity index (χ0v) is 9.65. The van der Waals surface area contributed by atoms with E-state index in [-0.39, 0.29) is 5.97 Å². The normalized spacial score (nSPS) is 11.8. The van der Waals surface area contributed by atoms with Crippen LogP contribution in [0.1, 0.15) is 11.6 Å². The van der Waals surface area contributed by atoms with E-state index in [2.05, 4.69) is 10.5 Å². The highest BCUT2D eigenvalue weighted by atomic mass is 16.5. The Hall–Kier alpha value is -1.75. The van der Waals surface area contributed by atoms with Crippen molar-refractivity contribution in [3.8, 4) is 11.5 Å². The van der Waals surface area contributed by atoms with Crippen molar-refractivity contribution >= 4 is 5.97 Å². The van der Waals surface area contributed by atoms with Crippen LogP contribution in [0.5, 0.6) is 11.5 Å². The van der Waals surface area contributed by atoms with Gasteiger partial charge < -0.3 is 19.9 Å². The summed E-state index contributed by atoms with van der Waals surface area (Å²) in [6.45, 7) is 0. The summed E-state index contributed by atoms with van der Waals surface area (Å²) in [7, 11) is 4.43. The Morgan fingerprint density at radius 2 is 1.81 bits per heavy atom. The maximum absolute atomic E-state index is 11.3. The van der Waals surface area contributed by atoms with Crippen LogP contribution in [0.3, 0.4) is 0 Å². The Morgan fingerprint density at radius 3 is 2.31 bits per heavy atom. The highest BCUT2D eigenvalue weighted by molar-refractivity contribution is 5.76. The molecule has 1 atom stereocenters. The zero-order chi connectivity index (χ0) is 12.1. The van der Waals surface area contributed by atoms with Gasteiger partial charge in [0, 0.05) is 5.56 Å². The van der Waals surface area contributed by atoms with Gasteiger partial charge in [-0.25, -0.2) is 4.79 Å². The quantitative estimate of drug-likeness (QED) is 0.742. The molecule has 5 nitrogen and oxygen atoms in total. The third kappa shape index (κ3) is 2.43. The molecular weight excluding hydrogens is 210 g/mol. The highest BCUT2D eigenvalue weighted by Gasteiger charge is 2.21. The first-order valence-corrected chi connectivity index (χ1v) is 4.76. The van der Waals surface area contributed by atoms with E-state index in [1.165, 1.54) is 14.2 Å². The molecule has 0 aliphatic heterocycles. The first-order valence-electron chi connectivity index (χ1n) is 4.76. The van der Waals surface area contributed by atoms with E-state index in [0.29, 0.717) is 11.5 Å². The van der Waals surface area contributed by atoms with Gasteiger partial charge in [-0.2, -0.15) is 0 Å². The summed E-state index contributed by atoms with van der Waals surface area (Å²) in [5.41, 5.74) is 4.47. The predicted molar refractivity (Wildman–Crippen MR) is 57.2 cm³/mol. The molecule has 0 aliphatic carbocycles. The van der Waals surface area contributed by atoms with Gasteiger partial charge in [-0.05, 0) is 18.2 Å². The predicted octanol–water partition coefficient (Wildman–Crippen LogP) is 0.160. The molecule has 0 aromatic heterocycles. The lowest BCUT2D eigenvalue weighted by molar-refractivity contribution is -0.414. The largest absolute Gasteiger partial charge is 0.493 e. The lowest BCUT2D eigenvalue weighted by Gasteiger charge is -2.11. The van der Waals surface area contributed by atoms with Gasteiger partial charge in [0.25, 0.3) is 0 Å². The molecule has 0 unspecified atom stereocenters. The van der Waals surface area contributed by atoms with Gasteiger partial charge in [0.1, 0.15) is 0 Å². The van der Waals surface area contributed by atoms with E-state index in [1.54, 1.807) is 25.3 Å². The van der Waals surface area contributed by atoms with E-state index in [4.69, 9.17) is 9.47 Å². The second-order valence-electron chi connectivity index (χ2n) is 3.19. The van der Waals surface area contributed by atoms with Crippen molar-refractivity contribution in [3.63, 3.8) is 0 Å². The fraction of sp³-hybridized carbons (Fsp3) is 0.364. The molecule has 88 valence electrons. The fourth-order valence-corrected chi connectivity index (χ4v) is 1.35. The van der Waals surface area contributed by atoms with Gasteiger partial charge >= 0.3 is 5.97 Å². The molecule has 1 aromatic carbocycles.